The van der Waals surface area contributed by atoms with Crippen molar-refractivity contribution >= 4 is 0 Å². The van der Waals surface area contributed by atoms with Crippen molar-refractivity contribution in [3.63, 3.8) is 0 Å². The molecule has 0 aromatic heterocycles. The molecule has 2 bridgehead atoms. The van der Waals surface area contributed by atoms with E-state index in [2.05, 4.69) is 84.9 Å². The Morgan fingerprint density at radius 1 is 0.667 bits per heavy atom. The first-order valence-electron chi connectivity index (χ1n) is 10.1. The second kappa shape index (κ2) is 6.27. The highest BCUT2D eigenvalue weighted by atomic mass is 16.5. The SMILES string of the molecule is COc1ccc(C2(c3ccccc3)C3CCC2(c2ccccc2)CC3)cc1. The van der Waals surface area contributed by atoms with Gasteiger partial charge < -0.3 is 4.74 Å². The van der Waals surface area contributed by atoms with Crippen LogP contribution in [0.1, 0.15) is 42.4 Å². The van der Waals surface area contributed by atoms with E-state index in [1.807, 2.05) is 0 Å². The van der Waals surface area contributed by atoms with E-state index in [-0.39, 0.29) is 10.8 Å². The van der Waals surface area contributed by atoms with Gasteiger partial charge in [0.15, 0.2) is 0 Å². The predicted octanol–water partition coefficient (Wildman–Crippen LogP) is 6.12. The van der Waals surface area contributed by atoms with Crippen LogP contribution in [0.15, 0.2) is 84.9 Å². The predicted molar refractivity (Wildman–Crippen MR) is 110 cm³/mol. The highest BCUT2D eigenvalue weighted by Crippen LogP contribution is 2.69. The van der Waals surface area contributed by atoms with Gasteiger partial charge >= 0.3 is 0 Å². The van der Waals surface area contributed by atoms with E-state index >= 15 is 0 Å². The van der Waals surface area contributed by atoms with Gasteiger partial charge in [-0.3, -0.25) is 0 Å². The Balaban J connectivity index is 1.80. The van der Waals surface area contributed by atoms with Crippen LogP contribution in [0.4, 0.5) is 0 Å². The molecule has 2 aliphatic rings. The third-order valence-electron chi connectivity index (χ3n) is 7.31. The Kier molecular flexibility index (Phi) is 3.86. The number of methoxy groups -OCH3 is 1. The summed E-state index contributed by atoms with van der Waals surface area (Å²) in [5.41, 5.74) is 4.64. The molecule has 2 saturated carbocycles. The van der Waals surface area contributed by atoms with Crippen molar-refractivity contribution in [2.24, 2.45) is 5.92 Å². The van der Waals surface area contributed by atoms with Crippen LogP contribution in [-0.2, 0) is 10.8 Å². The van der Waals surface area contributed by atoms with Crippen molar-refractivity contribution in [1.29, 1.82) is 0 Å². The van der Waals surface area contributed by atoms with Crippen LogP contribution >= 0.6 is 0 Å². The zero-order valence-electron chi connectivity index (χ0n) is 15.9. The van der Waals surface area contributed by atoms with Gasteiger partial charge in [-0.25, -0.2) is 0 Å². The number of hydrogen-bond acceptors (Lipinski definition) is 1. The van der Waals surface area contributed by atoms with Crippen molar-refractivity contribution in [3.8, 4) is 5.75 Å². The lowest BCUT2D eigenvalue weighted by atomic mass is 9.57. The molecule has 0 saturated heterocycles. The van der Waals surface area contributed by atoms with Crippen LogP contribution in [0.5, 0.6) is 5.75 Å². The van der Waals surface area contributed by atoms with E-state index in [0.29, 0.717) is 5.92 Å². The van der Waals surface area contributed by atoms with Gasteiger partial charge in [-0.05, 0) is 60.4 Å². The second-order valence-corrected chi connectivity index (χ2v) is 8.12. The normalized spacial score (nSPS) is 29.0. The summed E-state index contributed by atoms with van der Waals surface area (Å²) in [7, 11) is 1.74. The topological polar surface area (TPSA) is 9.23 Å². The smallest absolute Gasteiger partial charge is 0.118 e. The van der Waals surface area contributed by atoms with Crippen molar-refractivity contribution < 1.29 is 4.74 Å². The van der Waals surface area contributed by atoms with Gasteiger partial charge in [0, 0.05) is 10.8 Å². The van der Waals surface area contributed by atoms with E-state index in [4.69, 9.17) is 4.74 Å². The van der Waals surface area contributed by atoms with Gasteiger partial charge in [0.05, 0.1) is 7.11 Å². The molecule has 0 spiro atoms. The summed E-state index contributed by atoms with van der Waals surface area (Å²) in [6.45, 7) is 0. The first-order valence-corrected chi connectivity index (χ1v) is 10.1. The Morgan fingerprint density at radius 3 is 1.74 bits per heavy atom. The standard InChI is InChI=1S/C26H26O/c1-27-24-14-12-22(13-15-24)26(21-10-6-3-7-11-21)23-16-18-25(26,19-17-23)20-8-4-2-5-9-20/h2-15,23H,16-19H2,1H3. The fourth-order valence-electron chi connectivity index (χ4n) is 6.35. The van der Waals surface area contributed by atoms with Crippen LogP contribution in [-0.4, -0.2) is 7.11 Å². The molecule has 0 amide bonds. The summed E-state index contributed by atoms with van der Waals surface area (Å²) in [6.07, 6.45) is 5.14. The zero-order chi connectivity index (χ0) is 18.3. The molecule has 0 heterocycles. The van der Waals surface area contributed by atoms with Crippen molar-refractivity contribution in [1.82, 2.24) is 0 Å². The van der Waals surface area contributed by atoms with Crippen LogP contribution in [0.3, 0.4) is 0 Å². The summed E-state index contributed by atoms with van der Waals surface area (Å²) in [5.74, 6) is 1.62. The van der Waals surface area contributed by atoms with Gasteiger partial charge in [-0.15, -0.1) is 0 Å². The molecule has 2 fully saturated rings. The molecule has 1 unspecified atom stereocenters. The van der Waals surface area contributed by atoms with E-state index < -0.39 is 0 Å². The lowest BCUT2D eigenvalue weighted by molar-refractivity contribution is 0.325. The maximum absolute atomic E-state index is 5.45. The van der Waals surface area contributed by atoms with E-state index in [9.17, 15) is 0 Å². The van der Waals surface area contributed by atoms with Crippen molar-refractivity contribution in [2.75, 3.05) is 7.11 Å². The molecule has 0 radical (unpaired) electrons. The maximum Gasteiger partial charge on any atom is 0.118 e. The van der Waals surface area contributed by atoms with Crippen molar-refractivity contribution in [2.45, 2.75) is 36.5 Å². The molecular weight excluding hydrogens is 328 g/mol. The Bertz CT molecular complexity index is 905. The largest absolute Gasteiger partial charge is 0.497 e. The highest BCUT2D eigenvalue weighted by Gasteiger charge is 2.65. The fourth-order valence-corrected chi connectivity index (χ4v) is 6.35. The quantitative estimate of drug-likeness (QED) is 0.548. The fraction of sp³-hybridized carbons (Fsp3) is 0.308. The lowest BCUT2D eigenvalue weighted by Gasteiger charge is -2.45. The van der Waals surface area contributed by atoms with Gasteiger partial charge in [0.2, 0.25) is 0 Å². The van der Waals surface area contributed by atoms with Crippen LogP contribution in [0, 0.1) is 5.92 Å². The third kappa shape index (κ3) is 2.18. The van der Waals surface area contributed by atoms with Crippen LogP contribution in [0.2, 0.25) is 0 Å². The molecule has 1 heteroatoms. The minimum Gasteiger partial charge on any atom is -0.497 e. The maximum atomic E-state index is 5.45. The minimum atomic E-state index is 0.0435. The second-order valence-electron chi connectivity index (χ2n) is 8.12. The summed E-state index contributed by atoms with van der Waals surface area (Å²) < 4.78 is 5.45. The van der Waals surface area contributed by atoms with Crippen LogP contribution in [0.25, 0.3) is 0 Å². The summed E-state index contributed by atoms with van der Waals surface area (Å²) in [5, 5.41) is 0. The average molecular weight is 354 g/mol. The Morgan fingerprint density at radius 2 is 1.19 bits per heavy atom. The van der Waals surface area contributed by atoms with Gasteiger partial charge in [-0.2, -0.15) is 0 Å². The van der Waals surface area contributed by atoms with Crippen LogP contribution < -0.4 is 4.74 Å². The number of ether oxygens (including phenoxy) is 1. The molecule has 0 N–H and O–H groups in total. The highest BCUT2D eigenvalue weighted by molar-refractivity contribution is 5.54. The molecule has 0 aliphatic heterocycles. The Labute approximate surface area is 162 Å². The molecule has 3 aromatic carbocycles. The summed E-state index contributed by atoms with van der Waals surface area (Å²) in [6, 6.07) is 31.4. The number of hydrogen-bond donors (Lipinski definition) is 0. The van der Waals surface area contributed by atoms with Gasteiger partial charge in [-0.1, -0.05) is 72.8 Å². The summed E-state index contributed by atoms with van der Waals surface area (Å²) in [4.78, 5) is 0. The van der Waals surface area contributed by atoms with E-state index in [1.165, 1.54) is 42.4 Å². The average Bonchev–Trinajstić information content (AvgIpc) is 3.27. The molecule has 3 aromatic rings. The molecule has 2 aliphatic carbocycles. The first kappa shape index (κ1) is 16.6. The Hall–Kier alpha value is -2.54. The molecule has 136 valence electrons. The molecular formula is C26H26O. The summed E-state index contributed by atoms with van der Waals surface area (Å²) >= 11 is 0. The number of rotatable bonds is 4. The van der Waals surface area contributed by atoms with E-state index in [1.54, 1.807) is 7.11 Å². The molecule has 1 atom stereocenters. The van der Waals surface area contributed by atoms with Crippen molar-refractivity contribution in [3.05, 3.63) is 102 Å². The third-order valence-corrected chi connectivity index (χ3v) is 7.31. The molecule has 5 rings (SSSR count). The number of fused-ring (bicyclic) bond motifs is 2. The lowest BCUT2D eigenvalue weighted by Crippen LogP contribution is -2.44. The number of benzene rings is 3. The zero-order valence-corrected chi connectivity index (χ0v) is 15.9. The first-order chi connectivity index (χ1) is 13.3. The van der Waals surface area contributed by atoms with E-state index in [0.717, 1.165) is 5.75 Å². The monoisotopic (exact) mass is 354 g/mol. The van der Waals surface area contributed by atoms with Gasteiger partial charge in [0.25, 0.3) is 0 Å². The molecule has 27 heavy (non-hydrogen) atoms. The van der Waals surface area contributed by atoms with Gasteiger partial charge in [0.1, 0.15) is 5.75 Å². The minimum absolute atomic E-state index is 0.0435. The molecule has 1 nitrogen and oxygen atoms in total.